The molecule has 1 fully saturated rings. The Balaban J connectivity index is 2.20. The van der Waals surface area contributed by atoms with E-state index in [0.29, 0.717) is 0 Å². The monoisotopic (exact) mass is 206 g/mol. The molecule has 0 saturated carbocycles. The van der Waals surface area contributed by atoms with E-state index in [4.69, 9.17) is 4.74 Å². The number of hydrogen-bond donors (Lipinski definition) is 1. The predicted molar refractivity (Wildman–Crippen MR) is 63.8 cm³/mol. The maximum Gasteiger partial charge on any atom is 0.0642 e. The van der Waals surface area contributed by atoms with Crippen LogP contribution in [0.25, 0.3) is 0 Å². The molecule has 0 spiro atoms. The van der Waals surface area contributed by atoms with Gasteiger partial charge in [0.25, 0.3) is 0 Å². The fourth-order valence-corrected chi connectivity index (χ4v) is 1.90. The fourth-order valence-electron chi connectivity index (χ4n) is 1.90. The first kappa shape index (κ1) is 10.3. The van der Waals surface area contributed by atoms with Crippen LogP contribution in [0, 0.1) is 6.92 Å². The second kappa shape index (κ2) is 4.53. The van der Waals surface area contributed by atoms with Crippen molar-refractivity contribution in [3.05, 3.63) is 23.8 Å². The minimum absolute atomic E-state index is 0.836. The van der Waals surface area contributed by atoms with Crippen LogP contribution in [0.5, 0.6) is 0 Å². The zero-order chi connectivity index (χ0) is 10.7. The van der Waals surface area contributed by atoms with Crippen LogP contribution in [0.15, 0.2) is 18.2 Å². The number of hydrogen-bond acceptors (Lipinski definition) is 3. The van der Waals surface area contributed by atoms with E-state index in [2.05, 4.69) is 35.3 Å². The first-order valence-electron chi connectivity index (χ1n) is 5.42. The van der Waals surface area contributed by atoms with Crippen molar-refractivity contribution in [2.75, 3.05) is 43.6 Å². The first-order chi connectivity index (χ1) is 7.31. The largest absolute Gasteiger partial charge is 0.388 e. The quantitative estimate of drug-likeness (QED) is 0.799. The van der Waals surface area contributed by atoms with Crippen LogP contribution in [0.1, 0.15) is 5.56 Å². The number of ether oxygens (including phenoxy) is 1. The molecule has 0 amide bonds. The van der Waals surface area contributed by atoms with E-state index in [1.54, 1.807) is 0 Å². The molecular formula is C12H18N2O. The second-order valence-electron chi connectivity index (χ2n) is 3.85. The lowest BCUT2D eigenvalue weighted by Gasteiger charge is -2.29. The Morgan fingerprint density at radius 3 is 2.67 bits per heavy atom. The van der Waals surface area contributed by atoms with Gasteiger partial charge in [0.05, 0.1) is 13.2 Å². The maximum atomic E-state index is 5.34. The Hall–Kier alpha value is -1.22. The molecule has 1 aromatic carbocycles. The second-order valence-corrected chi connectivity index (χ2v) is 3.85. The third kappa shape index (κ3) is 2.23. The predicted octanol–water partition coefficient (Wildman–Crippen LogP) is 1.87. The number of nitrogens with one attached hydrogen (secondary N) is 1. The van der Waals surface area contributed by atoms with Gasteiger partial charge in [-0.2, -0.15) is 0 Å². The Morgan fingerprint density at radius 1 is 1.27 bits per heavy atom. The van der Waals surface area contributed by atoms with E-state index in [1.807, 2.05) is 7.05 Å². The van der Waals surface area contributed by atoms with Gasteiger partial charge in [0, 0.05) is 31.5 Å². The van der Waals surface area contributed by atoms with E-state index in [1.165, 1.54) is 16.9 Å². The van der Waals surface area contributed by atoms with Crippen molar-refractivity contribution in [1.29, 1.82) is 0 Å². The third-order valence-corrected chi connectivity index (χ3v) is 2.87. The maximum absolute atomic E-state index is 5.34. The van der Waals surface area contributed by atoms with Crippen molar-refractivity contribution in [2.24, 2.45) is 0 Å². The van der Waals surface area contributed by atoms with Crippen LogP contribution < -0.4 is 10.2 Å². The van der Waals surface area contributed by atoms with Crippen molar-refractivity contribution in [2.45, 2.75) is 6.92 Å². The van der Waals surface area contributed by atoms with Crippen molar-refractivity contribution in [3.8, 4) is 0 Å². The molecule has 1 aliphatic heterocycles. The van der Waals surface area contributed by atoms with E-state index in [0.717, 1.165) is 26.3 Å². The summed E-state index contributed by atoms with van der Waals surface area (Å²) < 4.78 is 5.34. The molecular weight excluding hydrogens is 188 g/mol. The van der Waals surface area contributed by atoms with E-state index in [9.17, 15) is 0 Å². The minimum Gasteiger partial charge on any atom is -0.388 e. The molecule has 0 unspecified atom stereocenters. The summed E-state index contributed by atoms with van der Waals surface area (Å²) in [6.45, 7) is 5.78. The van der Waals surface area contributed by atoms with E-state index < -0.39 is 0 Å². The normalized spacial score (nSPS) is 16.5. The first-order valence-corrected chi connectivity index (χ1v) is 5.42. The zero-order valence-corrected chi connectivity index (χ0v) is 9.42. The number of aryl methyl sites for hydroxylation is 1. The highest BCUT2D eigenvalue weighted by Crippen LogP contribution is 2.23. The van der Waals surface area contributed by atoms with Crippen LogP contribution in [0.4, 0.5) is 11.4 Å². The smallest absolute Gasteiger partial charge is 0.0642 e. The highest BCUT2D eigenvalue weighted by Gasteiger charge is 2.11. The number of benzene rings is 1. The lowest BCUT2D eigenvalue weighted by Crippen LogP contribution is -2.36. The van der Waals surface area contributed by atoms with Gasteiger partial charge in [0.15, 0.2) is 0 Å². The molecule has 3 nitrogen and oxygen atoms in total. The summed E-state index contributed by atoms with van der Waals surface area (Å²) in [5.74, 6) is 0. The van der Waals surface area contributed by atoms with Gasteiger partial charge in [-0.15, -0.1) is 0 Å². The van der Waals surface area contributed by atoms with Gasteiger partial charge in [-0.25, -0.2) is 0 Å². The molecule has 15 heavy (non-hydrogen) atoms. The lowest BCUT2D eigenvalue weighted by atomic mass is 10.1. The van der Waals surface area contributed by atoms with Crippen molar-refractivity contribution in [3.63, 3.8) is 0 Å². The number of morpholine rings is 1. The van der Waals surface area contributed by atoms with Gasteiger partial charge in [0.1, 0.15) is 0 Å². The standard InChI is InChI=1S/C12H18N2O/c1-10-3-4-11(9-12(10)13-2)14-5-7-15-8-6-14/h3-4,9,13H,5-8H2,1-2H3. The highest BCUT2D eigenvalue weighted by atomic mass is 16.5. The summed E-state index contributed by atoms with van der Waals surface area (Å²) in [5, 5.41) is 3.22. The molecule has 1 N–H and O–H groups in total. The Morgan fingerprint density at radius 2 is 2.00 bits per heavy atom. The van der Waals surface area contributed by atoms with Crippen LogP contribution in [0.3, 0.4) is 0 Å². The van der Waals surface area contributed by atoms with Crippen LogP contribution in [0.2, 0.25) is 0 Å². The minimum atomic E-state index is 0.836. The summed E-state index contributed by atoms with van der Waals surface area (Å²) in [6, 6.07) is 6.55. The molecule has 1 aliphatic rings. The summed E-state index contributed by atoms with van der Waals surface area (Å²) in [5.41, 5.74) is 3.78. The third-order valence-electron chi connectivity index (χ3n) is 2.87. The van der Waals surface area contributed by atoms with Gasteiger partial charge >= 0.3 is 0 Å². The van der Waals surface area contributed by atoms with Gasteiger partial charge < -0.3 is 15.0 Å². The van der Waals surface area contributed by atoms with E-state index >= 15 is 0 Å². The molecule has 0 atom stereocenters. The average Bonchev–Trinajstić information content (AvgIpc) is 2.31. The topological polar surface area (TPSA) is 24.5 Å². The molecule has 3 heteroatoms. The highest BCUT2D eigenvalue weighted by molar-refractivity contribution is 5.62. The van der Waals surface area contributed by atoms with Gasteiger partial charge in [0.2, 0.25) is 0 Å². The van der Waals surface area contributed by atoms with Gasteiger partial charge in [-0.3, -0.25) is 0 Å². The Labute approximate surface area is 91.0 Å². The molecule has 1 heterocycles. The van der Waals surface area contributed by atoms with Gasteiger partial charge in [-0.05, 0) is 24.6 Å². The summed E-state index contributed by atoms with van der Waals surface area (Å²) in [6.07, 6.45) is 0. The number of anilines is 2. The zero-order valence-electron chi connectivity index (χ0n) is 9.42. The number of nitrogens with zero attached hydrogens (tertiary/aromatic N) is 1. The fraction of sp³-hybridized carbons (Fsp3) is 0.500. The SMILES string of the molecule is CNc1cc(N2CCOCC2)ccc1C. The summed E-state index contributed by atoms with van der Waals surface area (Å²) in [7, 11) is 1.96. The van der Waals surface area contributed by atoms with Crippen molar-refractivity contribution < 1.29 is 4.74 Å². The molecule has 2 rings (SSSR count). The van der Waals surface area contributed by atoms with Crippen molar-refractivity contribution in [1.82, 2.24) is 0 Å². The summed E-state index contributed by atoms with van der Waals surface area (Å²) in [4.78, 5) is 2.36. The molecule has 1 aromatic rings. The van der Waals surface area contributed by atoms with Crippen LogP contribution in [-0.4, -0.2) is 33.4 Å². The molecule has 0 radical (unpaired) electrons. The molecule has 1 saturated heterocycles. The van der Waals surface area contributed by atoms with Crippen LogP contribution in [-0.2, 0) is 4.74 Å². The number of rotatable bonds is 2. The summed E-state index contributed by atoms with van der Waals surface area (Å²) >= 11 is 0. The molecule has 0 aromatic heterocycles. The van der Waals surface area contributed by atoms with Crippen LogP contribution >= 0.6 is 0 Å². The lowest BCUT2D eigenvalue weighted by molar-refractivity contribution is 0.122. The molecule has 0 aliphatic carbocycles. The molecule has 82 valence electrons. The van der Waals surface area contributed by atoms with Gasteiger partial charge in [-0.1, -0.05) is 6.07 Å². The van der Waals surface area contributed by atoms with Crippen molar-refractivity contribution >= 4 is 11.4 Å². The average molecular weight is 206 g/mol. The Bertz CT molecular complexity index is 332. The van der Waals surface area contributed by atoms with E-state index in [-0.39, 0.29) is 0 Å². The molecule has 0 bridgehead atoms. The Kier molecular flexibility index (Phi) is 3.11.